The van der Waals surface area contributed by atoms with Gasteiger partial charge in [-0.05, 0) is 24.1 Å². The summed E-state index contributed by atoms with van der Waals surface area (Å²) < 4.78 is 0. The van der Waals surface area contributed by atoms with E-state index in [9.17, 15) is 4.79 Å². The molecule has 0 saturated heterocycles. The lowest BCUT2D eigenvalue weighted by Crippen LogP contribution is -2.13. The van der Waals surface area contributed by atoms with Gasteiger partial charge >= 0.3 is 0 Å². The normalized spacial score (nSPS) is 11.0. The number of hydrogen-bond donors (Lipinski definition) is 2. The molecule has 2 heterocycles. The summed E-state index contributed by atoms with van der Waals surface area (Å²) >= 11 is 2.78. The standard InChI is InChI=1S/C19H17N5OS2/c25-16(12-26-18-20-14-8-4-5-9-15(14)21-18)22-19-24-23-17(27-19)11-10-13-6-2-1-3-7-13/h1-9H,10-12H2,(H,20,21)(H,22,24,25). The molecule has 0 aliphatic rings. The summed E-state index contributed by atoms with van der Waals surface area (Å²) in [4.78, 5) is 19.8. The Morgan fingerprint density at radius 2 is 1.85 bits per heavy atom. The molecule has 0 unspecified atom stereocenters. The maximum absolute atomic E-state index is 12.2. The Balaban J connectivity index is 1.27. The molecule has 2 aromatic carbocycles. The molecule has 0 radical (unpaired) electrons. The highest BCUT2D eigenvalue weighted by Gasteiger charge is 2.10. The van der Waals surface area contributed by atoms with Crippen LogP contribution in [-0.2, 0) is 17.6 Å². The minimum atomic E-state index is -0.119. The van der Waals surface area contributed by atoms with E-state index < -0.39 is 0 Å². The first-order valence-corrected chi connectivity index (χ1v) is 10.3. The molecule has 0 aliphatic heterocycles. The maximum Gasteiger partial charge on any atom is 0.236 e. The van der Waals surface area contributed by atoms with Crippen molar-refractivity contribution in [2.45, 2.75) is 18.0 Å². The number of fused-ring (bicyclic) bond motifs is 1. The first kappa shape index (κ1) is 17.7. The van der Waals surface area contributed by atoms with Crippen LogP contribution in [0.5, 0.6) is 0 Å². The number of hydrogen-bond acceptors (Lipinski definition) is 6. The Hall–Kier alpha value is -2.71. The molecule has 0 atom stereocenters. The smallest absolute Gasteiger partial charge is 0.236 e. The van der Waals surface area contributed by atoms with Crippen LogP contribution in [0.2, 0.25) is 0 Å². The molecule has 27 heavy (non-hydrogen) atoms. The fourth-order valence-electron chi connectivity index (χ4n) is 2.59. The predicted octanol–water partition coefficient (Wildman–Crippen LogP) is 3.93. The Kier molecular flexibility index (Phi) is 5.45. The highest BCUT2D eigenvalue weighted by Crippen LogP contribution is 2.21. The molecule has 8 heteroatoms. The number of para-hydroxylation sites is 2. The summed E-state index contributed by atoms with van der Waals surface area (Å²) in [5, 5.41) is 13.2. The van der Waals surface area contributed by atoms with Gasteiger partial charge in [-0.2, -0.15) is 0 Å². The summed E-state index contributed by atoms with van der Waals surface area (Å²) in [6.45, 7) is 0. The summed E-state index contributed by atoms with van der Waals surface area (Å²) in [6, 6.07) is 18.0. The fourth-order valence-corrected chi connectivity index (χ4v) is 4.03. The third-order valence-corrected chi connectivity index (χ3v) is 5.66. The minimum absolute atomic E-state index is 0.119. The molecule has 0 bridgehead atoms. The van der Waals surface area contributed by atoms with Gasteiger partial charge in [-0.15, -0.1) is 10.2 Å². The monoisotopic (exact) mass is 395 g/mol. The number of amides is 1. The van der Waals surface area contributed by atoms with Crippen molar-refractivity contribution in [1.82, 2.24) is 20.2 Å². The summed E-state index contributed by atoms with van der Waals surface area (Å²) in [7, 11) is 0. The lowest BCUT2D eigenvalue weighted by molar-refractivity contribution is -0.113. The van der Waals surface area contributed by atoms with Crippen LogP contribution >= 0.6 is 23.1 Å². The van der Waals surface area contributed by atoms with Crippen molar-refractivity contribution in [3.8, 4) is 0 Å². The van der Waals surface area contributed by atoms with Gasteiger partial charge in [0.25, 0.3) is 0 Å². The number of thioether (sulfide) groups is 1. The number of aromatic nitrogens is 4. The van der Waals surface area contributed by atoms with E-state index in [1.807, 2.05) is 42.5 Å². The lowest BCUT2D eigenvalue weighted by atomic mass is 10.1. The fraction of sp³-hybridized carbons (Fsp3) is 0.158. The quantitative estimate of drug-likeness (QED) is 0.463. The van der Waals surface area contributed by atoms with Crippen LogP contribution < -0.4 is 5.32 Å². The lowest BCUT2D eigenvalue weighted by Gasteiger charge is -1.99. The van der Waals surface area contributed by atoms with E-state index in [0.717, 1.165) is 34.0 Å². The second-order valence-electron chi connectivity index (χ2n) is 5.88. The van der Waals surface area contributed by atoms with Crippen molar-refractivity contribution in [1.29, 1.82) is 0 Å². The topological polar surface area (TPSA) is 83.6 Å². The van der Waals surface area contributed by atoms with Crippen LogP contribution in [0, 0.1) is 0 Å². The van der Waals surface area contributed by atoms with Gasteiger partial charge in [0.05, 0.1) is 16.8 Å². The number of H-pyrrole nitrogens is 1. The first-order chi connectivity index (χ1) is 13.3. The van der Waals surface area contributed by atoms with Crippen LogP contribution in [0.25, 0.3) is 11.0 Å². The highest BCUT2D eigenvalue weighted by atomic mass is 32.2. The number of aryl methyl sites for hydroxylation is 2. The van der Waals surface area contributed by atoms with Crippen LogP contribution in [0.15, 0.2) is 59.8 Å². The molecule has 2 aromatic heterocycles. The van der Waals surface area contributed by atoms with Crippen molar-refractivity contribution < 1.29 is 4.79 Å². The van der Waals surface area contributed by atoms with Crippen LogP contribution in [-0.4, -0.2) is 31.8 Å². The van der Waals surface area contributed by atoms with Crippen molar-refractivity contribution in [2.75, 3.05) is 11.1 Å². The highest BCUT2D eigenvalue weighted by molar-refractivity contribution is 7.99. The van der Waals surface area contributed by atoms with Gasteiger partial charge in [0.15, 0.2) is 5.16 Å². The summed E-state index contributed by atoms with van der Waals surface area (Å²) in [6.07, 6.45) is 1.72. The molecule has 1 amide bonds. The number of rotatable bonds is 7. The molecule has 136 valence electrons. The number of carbonyl (C=O) groups is 1. The zero-order valence-corrected chi connectivity index (χ0v) is 16.0. The number of aromatic amines is 1. The van der Waals surface area contributed by atoms with Crippen molar-refractivity contribution in [3.05, 3.63) is 65.2 Å². The van der Waals surface area contributed by atoms with E-state index >= 15 is 0 Å². The minimum Gasteiger partial charge on any atom is -0.333 e. The first-order valence-electron chi connectivity index (χ1n) is 8.50. The molecule has 0 saturated carbocycles. The second kappa shape index (κ2) is 8.32. The predicted molar refractivity (Wildman–Crippen MR) is 109 cm³/mol. The average Bonchev–Trinajstić information content (AvgIpc) is 3.32. The van der Waals surface area contributed by atoms with Gasteiger partial charge in [-0.3, -0.25) is 10.1 Å². The van der Waals surface area contributed by atoms with Crippen molar-refractivity contribution in [2.24, 2.45) is 0 Å². The number of anilines is 1. The number of benzene rings is 2. The van der Waals surface area contributed by atoms with Gasteiger partial charge < -0.3 is 4.98 Å². The molecule has 0 fully saturated rings. The van der Waals surface area contributed by atoms with E-state index in [2.05, 4.69) is 37.6 Å². The van der Waals surface area contributed by atoms with E-state index in [1.165, 1.54) is 28.7 Å². The summed E-state index contributed by atoms with van der Waals surface area (Å²) in [5.41, 5.74) is 3.13. The van der Waals surface area contributed by atoms with Gasteiger partial charge in [0.2, 0.25) is 11.0 Å². The Labute approximate surface area is 164 Å². The SMILES string of the molecule is O=C(CSc1nc2ccccc2[nH]1)Nc1nnc(CCc2ccccc2)s1. The third kappa shape index (κ3) is 4.72. The number of carbonyl (C=O) groups excluding carboxylic acids is 1. The van der Waals surface area contributed by atoms with Crippen LogP contribution in [0.1, 0.15) is 10.6 Å². The molecule has 0 spiro atoms. The molecule has 6 nitrogen and oxygen atoms in total. The van der Waals surface area contributed by atoms with E-state index in [4.69, 9.17) is 0 Å². The number of nitrogens with zero attached hydrogens (tertiary/aromatic N) is 3. The van der Waals surface area contributed by atoms with E-state index in [-0.39, 0.29) is 11.7 Å². The van der Waals surface area contributed by atoms with Crippen molar-refractivity contribution in [3.63, 3.8) is 0 Å². The van der Waals surface area contributed by atoms with Gasteiger partial charge in [-0.1, -0.05) is 65.6 Å². The molecular formula is C19H17N5OS2. The Bertz CT molecular complexity index is 1010. The molecule has 2 N–H and O–H groups in total. The average molecular weight is 396 g/mol. The van der Waals surface area contributed by atoms with Gasteiger partial charge in [0, 0.05) is 6.42 Å². The van der Waals surface area contributed by atoms with E-state index in [0.29, 0.717) is 5.13 Å². The van der Waals surface area contributed by atoms with E-state index in [1.54, 1.807) is 0 Å². The van der Waals surface area contributed by atoms with Crippen LogP contribution in [0.4, 0.5) is 5.13 Å². The Morgan fingerprint density at radius 3 is 2.70 bits per heavy atom. The molecular weight excluding hydrogens is 378 g/mol. The number of nitrogens with one attached hydrogen (secondary N) is 2. The molecule has 0 aliphatic carbocycles. The Morgan fingerprint density at radius 1 is 1.04 bits per heavy atom. The third-order valence-electron chi connectivity index (χ3n) is 3.89. The number of imidazole rings is 1. The molecule has 4 rings (SSSR count). The second-order valence-corrected chi connectivity index (χ2v) is 7.91. The van der Waals surface area contributed by atoms with Crippen LogP contribution in [0.3, 0.4) is 0 Å². The largest absolute Gasteiger partial charge is 0.333 e. The zero-order valence-electron chi connectivity index (χ0n) is 14.4. The maximum atomic E-state index is 12.2. The van der Waals surface area contributed by atoms with Gasteiger partial charge in [0.1, 0.15) is 5.01 Å². The van der Waals surface area contributed by atoms with Crippen molar-refractivity contribution >= 4 is 45.2 Å². The summed E-state index contributed by atoms with van der Waals surface area (Å²) in [5.74, 6) is 0.143. The molecule has 4 aromatic rings. The zero-order chi connectivity index (χ0) is 18.5. The van der Waals surface area contributed by atoms with Gasteiger partial charge in [-0.25, -0.2) is 4.98 Å².